The molecule has 138 valence electrons. The number of hydrogen-bond donors (Lipinski definition) is 0. The summed E-state index contributed by atoms with van der Waals surface area (Å²) in [7, 11) is 1.61. The number of halogens is 1. The second-order valence-corrected chi connectivity index (χ2v) is 6.71. The van der Waals surface area contributed by atoms with Crippen LogP contribution in [0.2, 0.25) is 5.02 Å². The van der Waals surface area contributed by atoms with Crippen LogP contribution in [-0.4, -0.2) is 47.9 Å². The molecule has 0 spiro atoms. The van der Waals surface area contributed by atoms with E-state index in [4.69, 9.17) is 16.3 Å². The second-order valence-electron chi connectivity index (χ2n) is 6.31. The van der Waals surface area contributed by atoms with Crippen LogP contribution >= 0.6 is 11.6 Å². The minimum atomic E-state index is -0.636. The van der Waals surface area contributed by atoms with Gasteiger partial charge in [-0.3, -0.25) is 9.69 Å². The Labute approximate surface area is 161 Å². The summed E-state index contributed by atoms with van der Waals surface area (Å²) < 4.78 is 6.41. The maximum absolute atomic E-state index is 12.6. The molecule has 1 unspecified atom stereocenters. The molecule has 2 aliphatic rings. The van der Waals surface area contributed by atoms with Gasteiger partial charge in [-0.2, -0.15) is 0 Å². The average molecular weight is 386 g/mol. The van der Waals surface area contributed by atoms with Crippen molar-refractivity contribution in [1.29, 1.82) is 0 Å². The van der Waals surface area contributed by atoms with Gasteiger partial charge in [0.15, 0.2) is 0 Å². The molecule has 4 rings (SSSR count). The second kappa shape index (κ2) is 7.00. The van der Waals surface area contributed by atoms with Gasteiger partial charge < -0.3 is 9.64 Å². The predicted octanol–water partition coefficient (Wildman–Crippen LogP) is 2.49. The van der Waals surface area contributed by atoms with Crippen molar-refractivity contribution in [2.24, 2.45) is 5.11 Å². The van der Waals surface area contributed by atoms with E-state index in [-0.39, 0.29) is 6.54 Å². The average Bonchev–Trinajstić information content (AvgIpc) is 3.11. The number of benzene rings is 2. The number of ether oxygens (including phenoxy) is 1. The van der Waals surface area contributed by atoms with Crippen molar-refractivity contribution in [3.05, 3.63) is 59.1 Å². The molecule has 0 aromatic heterocycles. The normalized spacial score (nSPS) is 19.2. The Kier molecular flexibility index (Phi) is 4.53. The quantitative estimate of drug-likeness (QED) is 0.599. The number of hydrogen-bond acceptors (Lipinski definition) is 5. The van der Waals surface area contributed by atoms with Crippen molar-refractivity contribution in [1.82, 2.24) is 4.90 Å². The highest BCUT2D eigenvalue weighted by molar-refractivity contribution is 6.32. The first kappa shape index (κ1) is 17.5. The summed E-state index contributed by atoms with van der Waals surface area (Å²) in [6, 6.07) is 14.8. The monoisotopic (exact) mass is 385 g/mol. The van der Waals surface area contributed by atoms with Gasteiger partial charge in [-0.15, -0.1) is 0 Å². The SMILES string of the molecule is COc1ccc(N2CCN3C(=O)C(=O)[N+](Cc4ccccc4Cl)=NC32)cc1. The van der Waals surface area contributed by atoms with E-state index in [9.17, 15) is 9.59 Å². The van der Waals surface area contributed by atoms with E-state index < -0.39 is 18.1 Å². The largest absolute Gasteiger partial charge is 0.502 e. The van der Waals surface area contributed by atoms with Crippen LogP contribution in [0.1, 0.15) is 5.56 Å². The molecule has 0 radical (unpaired) electrons. The van der Waals surface area contributed by atoms with Crippen molar-refractivity contribution in [3.63, 3.8) is 0 Å². The summed E-state index contributed by atoms with van der Waals surface area (Å²) in [5.74, 6) is -0.428. The molecule has 2 aliphatic heterocycles. The highest BCUT2D eigenvalue weighted by Crippen LogP contribution is 2.29. The van der Waals surface area contributed by atoms with Gasteiger partial charge >= 0.3 is 11.8 Å². The zero-order valence-electron chi connectivity index (χ0n) is 14.7. The van der Waals surface area contributed by atoms with E-state index in [0.717, 1.165) is 17.0 Å². The molecule has 0 aliphatic carbocycles. The molecule has 8 heteroatoms. The molecule has 2 heterocycles. The van der Waals surface area contributed by atoms with E-state index in [0.29, 0.717) is 18.1 Å². The first-order valence-corrected chi connectivity index (χ1v) is 8.93. The van der Waals surface area contributed by atoms with Crippen LogP contribution in [0, 0.1) is 0 Å². The third-order valence-corrected chi connectivity index (χ3v) is 5.11. The Morgan fingerprint density at radius 2 is 1.81 bits per heavy atom. The number of carbonyl (C=O) groups is 2. The maximum atomic E-state index is 12.6. The fourth-order valence-corrected chi connectivity index (χ4v) is 3.49. The lowest BCUT2D eigenvalue weighted by Crippen LogP contribution is -2.51. The minimum Gasteiger partial charge on any atom is -0.497 e. The van der Waals surface area contributed by atoms with Gasteiger partial charge in [-0.1, -0.05) is 29.8 Å². The van der Waals surface area contributed by atoms with Crippen LogP contribution in [-0.2, 0) is 16.1 Å². The van der Waals surface area contributed by atoms with Gasteiger partial charge in [0.2, 0.25) is 6.54 Å². The van der Waals surface area contributed by atoms with Gasteiger partial charge in [0.1, 0.15) is 5.75 Å². The van der Waals surface area contributed by atoms with Crippen molar-refractivity contribution < 1.29 is 19.0 Å². The van der Waals surface area contributed by atoms with E-state index >= 15 is 0 Å². The number of amides is 2. The molecule has 0 N–H and O–H groups in total. The summed E-state index contributed by atoms with van der Waals surface area (Å²) in [6.45, 7) is 1.20. The van der Waals surface area contributed by atoms with Crippen molar-refractivity contribution in [2.75, 3.05) is 25.1 Å². The maximum Gasteiger partial charge on any atom is 0.502 e. The lowest BCUT2D eigenvalue weighted by atomic mass is 10.2. The predicted molar refractivity (Wildman–Crippen MR) is 98.7 cm³/mol. The number of fused-ring (bicyclic) bond motifs is 1. The van der Waals surface area contributed by atoms with E-state index in [1.807, 2.05) is 47.4 Å². The molecule has 1 fully saturated rings. The molecule has 0 bridgehead atoms. The molecule has 2 aromatic carbocycles. The van der Waals surface area contributed by atoms with Gasteiger partial charge in [-0.05, 0) is 35.0 Å². The Hall–Kier alpha value is -2.93. The van der Waals surface area contributed by atoms with E-state index in [1.165, 1.54) is 9.60 Å². The fourth-order valence-electron chi connectivity index (χ4n) is 3.29. The van der Waals surface area contributed by atoms with Crippen LogP contribution in [0.4, 0.5) is 5.69 Å². The third-order valence-electron chi connectivity index (χ3n) is 4.74. The van der Waals surface area contributed by atoms with Crippen LogP contribution < -0.4 is 9.64 Å². The molecular formula is C19H18ClN4O3+. The summed E-state index contributed by atoms with van der Waals surface area (Å²) in [4.78, 5) is 28.5. The van der Waals surface area contributed by atoms with Gasteiger partial charge in [0.25, 0.3) is 6.29 Å². The van der Waals surface area contributed by atoms with Crippen LogP contribution in [0.15, 0.2) is 53.6 Å². The Balaban J connectivity index is 1.66. The first-order valence-electron chi connectivity index (χ1n) is 8.56. The smallest absolute Gasteiger partial charge is 0.497 e. The topological polar surface area (TPSA) is 65.2 Å². The highest BCUT2D eigenvalue weighted by atomic mass is 35.5. The molecule has 7 nitrogen and oxygen atoms in total. The number of rotatable bonds is 4. The Morgan fingerprint density at radius 3 is 2.52 bits per heavy atom. The molecule has 27 heavy (non-hydrogen) atoms. The molecule has 1 saturated heterocycles. The third kappa shape index (κ3) is 3.14. The fraction of sp³-hybridized carbons (Fsp3) is 0.263. The molecule has 2 aromatic rings. The summed E-state index contributed by atoms with van der Waals surface area (Å²) >= 11 is 6.19. The van der Waals surface area contributed by atoms with Crippen LogP contribution in [0.5, 0.6) is 5.75 Å². The highest BCUT2D eigenvalue weighted by Gasteiger charge is 2.49. The van der Waals surface area contributed by atoms with Crippen molar-refractivity contribution >= 4 is 29.1 Å². The van der Waals surface area contributed by atoms with Gasteiger partial charge in [-0.25, -0.2) is 4.79 Å². The summed E-state index contributed by atoms with van der Waals surface area (Å²) in [5.41, 5.74) is 1.65. The number of carbonyl (C=O) groups excluding carboxylic acids is 2. The zero-order chi connectivity index (χ0) is 19.0. The van der Waals surface area contributed by atoms with Crippen molar-refractivity contribution in [3.8, 4) is 5.75 Å². The molecule has 0 saturated carbocycles. The summed E-state index contributed by atoms with van der Waals surface area (Å²) in [5, 5.41) is 5.07. The number of azo groups is 2. The standard InChI is InChI=1S/C19H18ClN4O3/c1-27-15-8-6-14(7-9-15)22-10-11-23-17(25)18(26)24(21-19(22)23)12-13-4-2-3-5-16(13)20/h2-9,19H,10-12H2,1H3/q+1. The van der Waals surface area contributed by atoms with Gasteiger partial charge in [0, 0.05) is 29.5 Å². The van der Waals surface area contributed by atoms with Crippen molar-refractivity contribution in [2.45, 2.75) is 12.8 Å². The van der Waals surface area contributed by atoms with Gasteiger partial charge in [0.05, 0.1) is 12.1 Å². The molecular weight excluding hydrogens is 368 g/mol. The Bertz CT molecular complexity index is 929. The Morgan fingerprint density at radius 1 is 1.11 bits per heavy atom. The molecule has 1 atom stereocenters. The lowest BCUT2D eigenvalue weighted by molar-refractivity contribution is -0.534. The van der Waals surface area contributed by atoms with Crippen LogP contribution in [0.3, 0.4) is 0 Å². The number of methoxy groups -OCH3 is 1. The first-order chi connectivity index (χ1) is 13.1. The van der Waals surface area contributed by atoms with E-state index in [1.54, 1.807) is 13.2 Å². The van der Waals surface area contributed by atoms with E-state index in [2.05, 4.69) is 5.11 Å². The number of anilines is 1. The van der Waals surface area contributed by atoms with Crippen LogP contribution in [0.25, 0.3) is 0 Å². The molecule has 2 amide bonds. The minimum absolute atomic E-state index is 0.158. The zero-order valence-corrected chi connectivity index (χ0v) is 15.5. The summed E-state index contributed by atoms with van der Waals surface area (Å²) in [6.07, 6.45) is -0.550. The lowest BCUT2D eigenvalue weighted by Gasteiger charge is -2.27. The number of nitrogens with zero attached hydrogens (tertiary/aromatic N) is 4.